The molecule has 2 rings (SSSR count). The van der Waals surface area contributed by atoms with Gasteiger partial charge in [-0.1, -0.05) is 17.9 Å². The Labute approximate surface area is 125 Å². The predicted octanol–water partition coefficient (Wildman–Crippen LogP) is 0.176. The van der Waals surface area contributed by atoms with E-state index in [0.29, 0.717) is 5.56 Å². The molecule has 1 aliphatic heterocycles. The van der Waals surface area contributed by atoms with Crippen molar-refractivity contribution in [2.45, 2.75) is 6.92 Å². The summed E-state index contributed by atoms with van der Waals surface area (Å²) in [6.07, 6.45) is 0. The van der Waals surface area contributed by atoms with E-state index in [1.807, 2.05) is 13.0 Å². The fraction of sp³-hybridized carbons (Fsp3) is 0.400. The van der Waals surface area contributed by atoms with Crippen LogP contribution in [0.25, 0.3) is 0 Å². The van der Waals surface area contributed by atoms with Gasteiger partial charge in [-0.2, -0.15) is 0 Å². The Morgan fingerprint density at radius 1 is 1.33 bits per heavy atom. The summed E-state index contributed by atoms with van der Waals surface area (Å²) in [5.41, 5.74) is 7.51. The molecule has 1 aliphatic rings. The van der Waals surface area contributed by atoms with Crippen molar-refractivity contribution in [3.63, 3.8) is 0 Å². The second kappa shape index (κ2) is 6.29. The van der Waals surface area contributed by atoms with Gasteiger partial charge < -0.3 is 10.6 Å². The number of hydrogen-bond acceptors (Lipinski definition) is 4. The van der Waals surface area contributed by atoms with Crippen LogP contribution in [0.15, 0.2) is 18.2 Å². The molecule has 2 N–H and O–H groups in total. The van der Waals surface area contributed by atoms with Crippen LogP contribution in [0.2, 0.25) is 0 Å². The normalized spacial score (nSPS) is 17.0. The summed E-state index contributed by atoms with van der Waals surface area (Å²) < 4.78 is 22.9. The molecule has 0 radical (unpaired) electrons. The van der Waals surface area contributed by atoms with Gasteiger partial charge in [-0.15, -0.1) is 0 Å². The minimum Gasteiger partial charge on any atom is -0.337 e. The van der Waals surface area contributed by atoms with E-state index in [-0.39, 0.29) is 37.0 Å². The summed E-state index contributed by atoms with van der Waals surface area (Å²) in [5, 5.41) is 0. The van der Waals surface area contributed by atoms with Crippen LogP contribution in [0.1, 0.15) is 21.5 Å². The van der Waals surface area contributed by atoms with Crippen LogP contribution in [-0.2, 0) is 9.84 Å². The number of rotatable bonds is 1. The highest BCUT2D eigenvalue weighted by Gasteiger charge is 2.26. The Kier molecular flexibility index (Phi) is 4.66. The van der Waals surface area contributed by atoms with Crippen LogP contribution >= 0.6 is 0 Å². The molecule has 112 valence electrons. The molecule has 1 aromatic carbocycles. The zero-order valence-electron chi connectivity index (χ0n) is 11.9. The topological polar surface area (TPSA) is 80.5 Å². The quantitative estimate of drug-likeness (QED) is 0.750. The highest BCUT2D eigenvalue weighted by atomic mass is 32.2. The molecular formula is C15H18N2O3S. The fourth-order valence-corrected chi connectivity index (χ4v) is 3.44. The van der Waals surface area contributed by atoms with E-state index in [9.17, 15) is 13.2 Å². The van der Waals surface area contributed by atoms with E-state index < -0.39 is 9.84 Å². The molecule has 1 amide bonds. The largest absolute Gasteiger partial charge is 0.337 e. The predicted molar refractivity (Wildman–Crippen MR) is 81.7 cm³/mol. The molecule has 1 aromatic rings. The lowest BCUT2D eigenvalue weighted by Gasteiger charge is -2.27. The molecule has 0 unspecified atom stereocenters. The number of hydrogen-bond donors (Lipinski definition) is 1. The maximum absolute atomic E-state index is 12.5. The van der Waals surface area contributed by atoms with E-state index in [1.54, 1.807) is 17.0 Å². The van der Waals surface area contributed by atoms with E-state index in [2.05, 4.69) is 11.8 Å². The number of amides is 1. The molecule has 0 saturated carbocycles. The molecule has 0 aliphatic carbocycles. The molecule has 6 heteroatoms. The molecule has 0 aromatic heterocycles. The van der Waals surface area contributed by atoms with Crippen molar-refractivity contribution in [1.29, 1.82) is 0 Å². The van der Waals surface area contributed by atoms with Gasteiger partial charge in [-0.05, 0) is 24.6 Å². The monoisotopic (exact) mass is 306 g/mol. The Balaban J connectivity index is 2.24. The average Bonchev–Trinajstić information content (AvgIpc) is 2.45. The zero-order valence-corrected chi connectivity index (χ0v) is 12.7. The highest BCUT2D eigenvalue weighted by molar-refractivity contribution is 7.91. The summed E-state index contributed by atoms with van der Waals surface area (Å²) in [7, 11) is -2.99. The molecule has 0 atom stereocenters. The van der Waals surface area contributed by atoms with Gasteiger partial charge in [0.25, 0.3) is 5.91 Å². The van der Waals surface area contributed by atoms with Crippen molar-refractivity contribution >= 4 is 15.7 Å². The van der Waals surface area contributed by atoms with E-state index in [0.717, 1.165) is 11.1 Å². The SMILES string of the molecule is Cc1c(C#CCN)cccc1C(=O)N1CCS(=O)(=O)CC1. The third-order valence-corrected chi connectivity index (χ3v) is 5.13. The van der Waals surface area contributed by atoms with Crippen LogP contribution in [-0.4, -0.2) is 50.4 Å². The van der Waals surface area contributed by atoms with Crippen LogP contribution in [0.5, 0.6) is 0 Å². The minimum absolute atomic E-state index is 0.0322. The van der Waals surface area contributed by atoms with E-state index in [4.69, 9.17) is 5.73 Å². The number of sulfone groups is 1. The molecule has 5 nitrogen and oxygen atoms in total. The first kappa shape index (κ1) is 15.5. The average molecular weight is 306 g/mol. The van der Waals surface area contributed by atoms with Crippen LogP contribution in [0, 0.1) is 18.8 Å². The number of nitrogens with zero attached hydrogens (tertiary/aromatic N) is 1. The smallest absolute Gasteiger partial charge is 0.254 e. The maximum atomic E-state index is 12.5. The molecule has 0 bridgehead atoms. The summed E-state index contributed by atoms with van der Waals surface area (Å²) in [4.78, 5) is 14.1. The lowest BCUT2D eigenvalue weighted by atomic mass is 10.0. The van der Waals surface area contributed by atoms with Crippen LogP contribution in [0.3, 0.4) is 0 Å². The summed E-state index contributed by atoms with van der Waals surface area (Å²) in [6, 6.07) is 5.37. The van der Waals surface area contributed by atoms with E-state index in [1.165, 1.54) is 0 Å². The molecule has 21 heavy (non-hydrogen) atoms. The van der Waals surface area contributed by atoms with Crippen molar-refractivity contribution in [2.75, 3.05) is 31.1 Å². The number of carbonyl (C=O) groups is 1. The lowest BCUT2D eigenvalue weighted by Crippen LogP contribution is -2.43. The Morgan fingerprint density at radius 3 is 2.62 bits per heavy atom. The summed E-state index contributed by atoms with van der Waals surface area (Å²) >= 11 is 0. The van der Waals surface area contributed by atoms with Gasteiger partial charge in [0.1, 0.15) is 0 Å². The number of benzene rings is 1. The second-order valence-electron chi connectivity index (χ2n) is 4.93. The summed E-state index contributed by atoms with van der Waals surface area (Å²) in [5.74, 6) is 5.64. The van der Waals surface area contributed by atoms with Gasteiger partial charge in [0, 0.05) is 24.2 Å². The van der Waals surface area contributed by atoms with Gasteiger partial charge in [-0.25, -0.2) is 8.42 Å². The van der Waals surface area contributed by atoms with Gasteiger partial charge >= 0.3 is 0 Å². The molecule has 1 saturated heterocycles. The van der Waals surface area contributed by atoms with Gasteiger partial charge in [0.05, 0.1) is 18.1 Å². The van der Waals surface area contributed by atoms with Gasteiger partial charge in [-0.3, -0.25) is 4.79 Å². The maximum Gasteiger partial charge on any atom is 0.254 e. The van der Waals surface area contributed by atoms with Gasteiger partial charge in [0.15, 0.2) is 9.84 Å². The van der Waals surface area contributed by atoms with Gasteiger partial charge in [0.2, 0.25) is 0 Å². The molecule has 0 spiro atoms. The first-order valence-corrected chi connectivity index (χ1v) is 8.55. The highest BCUT2D eigenvalue weighted by Crippen LogP contribution is 2.17. The fourth-order valence-electron chi connectivity index (χ4n) is 2.23. The third kappa shape index (κ3) is 3.63. The van der Waals surface area contributed by atoms with Crippen molar-refractivity contribution < 1.29 is 13.2 Å². The van der Waals surface area contributed by atoms with Crippen LogP contribution in [0.4, 0.5) is 0 Å². The van der Waals surface area contributed by atoms with Crippen molar-refractivity contribution in [1.82, 2.24) is 4.90 Å². The lowest BCUT2D eigenvalue weighted by molar-refractivity contribution is 0.0769. The number of carbonyl (C=O) groups excluding carboxylic acids is 1. The molecule has 1 fully saturated rings. The first-order valence-electron chi connectivity index (χ1n) is 6.73. The zero-order chi connectivity index (χ0) is 15.5. The molecule has 1 heterocycles. The van der Waals surface area contributed by atoms with Crippen molar-refractivity contribution in [2.24, 2.45) is 5.73 Å². The van der Waals surface area contributed by atoms with Crippen LogP contribution < -0.4 is 5.73 Å². The Morgan fingerprint density at radius 2 is 2.00 bits per heavy atom. The Hall–Kier alpha value is -1.84. The van der Waals surface area contributed by atoms with Crippen molar-refractivity contribution in [3.8, 4) is 11.8 Å². The first-order chi connectivity index (χ1) is 9.94. The number of nitrogens with two attached hydrogens (primary N) is 1. The summed E-state index contributed by atoms with van der Waals surface area (Å²) in [6.45, 7) is 2.61. The molecular weight excluding hydrogens is 288 g/mol. The van der Waals surface area contributed by atoms with Crippen molar-refractivity contribution in [3.05, 3.63) is 34.9 Å². The third-order valence-electron chi connectivity index (χ3n) is 3.52. The van der Waals surface area contributed by atoms with E-state index >= 15 is 0 Å². The Bertz CT molecular complexity index is 700. The second-order valence-corrected chi connectivity index (χ2v) is 7.23. The standard InChI is InChI=1S/C15H18N2O3S/c1-12-13(5-3-7-16)4-2-6-14(12)15(18)17-8-10-21(19,20)11-9-17/h2,4,6H,7-11,16H2,1H3. The minimum atomic E-state index is -2.99.